The molecule has 17 heavy (non-hydrogen) atoms. The Morgan fingerprint density at radius 3 is 2.88 bits per heavy atom. The molecule has 0 fully saturated rings. The summed E-state index contributed by atoms with van der Waals surface area (Å²) in [5, 5.41) is 8.67. The summed E-state index contributed by atoms with van der Waals surface area (Å²) in [6.07, 6.45) is -0.0933. The maximum absolute atomic E-state index is 10.6. The minimum Gasteiger partial charge on any atom is -0.489 e. The third-order valence-electron chi connectivity index (χ3n) is 2.17. The van der Waals surface area contributed by atoms with Crippen LogP contribution in [0.5, 0.6) is 5.75 Å². The van der Waals surface area contributed by atoms with E-state index in [0.29, 0.717) is 12.4 Å². The van der Waals surface area contributed by atoms with Gasteiger partial charge in [-0.2, -0.15) is 0 Å². The van der Waals surface area contributed by atoms with Gasteiger partial charge in [0.15, 0.2) is 0 Å². The molecule has 0 heterocycles. The maximum atomic E-state index is 10.6. The molecule has 0 aliphatic carbocycles. The van der Waals surface area contributed by atoms with Crippen molar-refractivity contribution in [1.29, 1.82) is 0 Å². The van der Waals surface area contributed by atoms with Crippen LogP contribution in [-0.4, -0.2) is 17.7 Å². The second-order valence-corrected chi connectivity index (χ2v) is 4.02. The second kappa shape index (κ2) is 6.06. The molecule has 92 valence electrons. The molecule has 4 nitrogen and oxygen atoms in total. The average molecular weight is 235 g/mol. The van der Waals surface area contributed by atoms with Crippen molar-refractivity contribution in [2.24, 2.45) is 5.73 Å². The Kier molecular flexibility index (Phi) is 4.72. The molecule has 0 aliphatic rings. The first kappa shape index (κ1) is 13.3. The quantitative estimate of drug-likeness (QED) is 0.741. The minimum atomic E-state index is -0.911. The van der Waals surface area contributed by atoms with E-state index in [1.165, 1.54) is 0 Å². The molecule has 1 aromatic carbocycles. The number of carboxylic acids is 1. The number of carbonyl (C=O) groups is 1. The lowest BCUT2D eigenvalue weighted by atomic mass is 10.0. The molecule has 1 unspecified atom stereocenters. The summed E-state index contributed by atoms with van der Waals surface area (Å²) in [7, 11) is 0. The Labute approximate surface area is 101 Å². The van der Waals surface area contributed by atoms with Crippen molar-refractivity contribution >= 4 is 5.97 Å². The normalized spacial score (nSPS) is 11.9. The molecular weight excluding hydrogens is 218 g/mol. The number of benzene rings is 1. The van der Waals surface area contributed by atoms with Crippen LogP contribution in [-0.2, 0) is 4.79 Å². The molecule has 4 heteroatoms. The van der Waals surface area contributed by atoms with Crippen LogP contribution in [0.1, 0.15) is 24.9 Å². The zero-order valence-corrected chi connectivity index (χ0v) is 9.85. The van der Waals surface area contributed by atoms with E-state index in [0.717, 1.165) is 11.1 Å². The van der Waals surface area contributed by atoms with Crippen LogP contribution in [0.3, 0.4) is 0 Å². The van der Waals surface area contributed by atoms with Gasteiger partial charge in [0.05, 0.1) is 6.42 Å². The Balaban J connectivity index is 2.71. The van der Waals surface area contributed by atoms with Crippen molar-refractivity contribution in [3.8, 4) is 5.75 Å². The van der Waals surface area contributed by atoms with Crippen LogP contribution in [0, 0.1) is 0 Å². The van der Waals surface area contributed by atoms with Gasteiger partial charge in [-0.05, 0) is 30.2 Å². The zero-order valence-electron chi connectivity index (χ0n) is 9.85. The topological polar surface area (TPSA) is 72.5 Å². The fourth-order valence-corrected chi connectivity index (χ4v) is 1.35. The van der Waals surface area contributed by atoms with Crippen LogP contribution in [0.15, 0.2) is 36.4 Å². The molecule has 0 aliphatic heterocycles. The number of ether oxygens (including phenoxy) is 1. The zero-order chi connectivity index (χ0) is 12.8. The van der Waals surface area contributed by atoms with Crippen molar-refractivity contribution < 1.29 is 14.6 Å². The van der Waals surface area contributed by atoms with E-state index in [-0.39, 0.29) is 6.42 Å². The number of rotatable bonds is 6. The van der Waals surface area contributed by atoms with E-state index in [2.05, 4.69) is 6.58 Å². The molecule has 0 aromatic heterocycles. The summed E-state index contributed by atoms with van der Waals surface area (Å²) in [6.45, 7) is 6.06. The van der Waals surface area contributed by atoms with Crippen molar-refractivity contribution in [3.05, 3.63) is 42.0 Å². The van der Waals surface area contributed by atoms with Crippen LogP contribution >= 0.6 is 0 Å². The molecule has 1 atom stereocenters. The van der Waals surface area contributed by atoms with E-state index >= 15 is 0 Å². The third-order valence-corrected chi connectivity index (χ3v) is 2.17. The minimum absolute atomic E-state index is 0.0933. The lowest BCUT2D eigenvalue weighted by Crippen LogP contribution is -2.15. The number of aliphatic carboxylic acids is 1. The summed E-state index contributed by atoms with van der Waals surface area (Å²) in [6, 6.07) is 6.64. The van der Waals surface area contributed by atoms with Gasteiger partial charge >= 0.3 is 5.97 Å². The van der Waals surface area contributed by atoms with Crippen LogP contribution < -0.4 is 10.5 Å². The third kappa shape index (κ3) is 4.70. The number of carboxylic acid groups (broad SMARTS) is 1. The van der Waals surface area contributed by atoms with E-state index in [9.17, 15) is 4.79 Å². The summed E-state index contributed by atoms with van der Waals surface area (Å²) >= 11 is 0. The van der Waals surface area contributed by atoms with Crippen molar-refractivity contribution in [1.82, 2.24) is 0 Å². The van der Waals surface area contributed by atoms with E-state index in [1.807, 2.05) is 6.92 Å². The van der Waals surface area contributed by atoms with Crippen molar-refractivity contribution in [2.75, 3.05) is 6.61 Å². The summed E-state index contributed by atoms with van der Waals surface area (Å²) < 4.78 is 5.46. The predicted molar refractivity (Wildman–Crippen MR) is 65.9 cm³/mol. The number of nitrogens with two attached hydrogens (primary N) is 1. The average Bonchev–Trinajstić information content (AvgIpc) is 2.26. The smallest absolute Gasteiger partial charge is 0.305 e. The van der Waals surface area contributed by atoms with Gasteiger partial charge in [0.25, 0.3) is 0 Å². The molecule has 0 spiro atoms. The SMILES string of the molecule is C=C(C)COc1cccc(C(N)CC(=O)O)c1. The second-order valence-electron chi connectivity index (χ2n) is 4.02. The molecule has 0 bridgehead atoms. The highest BCUT2D eigenvalue weighted by molar-refractivity contribution is 5.67. The first-order valence-electron chi connectivity index (χ1n) is 5.33. The molecule has 0 amide bonds. The van der Waals surface area contributed by atoms with Crippen LogP contribution in [0.4, 0.5) is 0 Å². The first-order valence-corrected chi connectivity index (χ1v) is 5.33. The van der Waals surface area contributed by atoms with Gasteiger partial charge in [-0.25, -0.2) is 0 Å². The van der Waals surface area contributed by atoms with E-state index < -0.39 is 12.0 Å². The molecule has 1 rings (SSSR count). The molecule has 0 saturated heterocycles. The van der Waals surface area contributed by atoms with E-state index in [4.69, 9.17) is 15.6 Å². The first-order chi connectivity index (χ1) is 7.99. The summed E-state index contributed by atoms with van der Waals surface area (Å²) in [4.78, 5) is 10.6. The summed E-state index contributed by atoms with van der Waals surface area (Å²) in [5.41, 5.74) is 7.44. The Morgan fingerprint density at radius 2 is 2.29 bits per heavy atom. The Hall–Kier alpha value is -1.81. The molecule has 3 N–H and O–H groups in total. The molecular formula is C13H17NO3. The highest BCUT2D eigenvalue weighted by Crippen LogP contribution is 2.20. The largest absolute Gasteiger partial charge is 0.489 e. The van der Waals surface area contributed by atoms with Crippen LogP contribution in [0.25, 0.3) is 0 Å². The predicted octanol–water partition coefficient (Wildman–Crippen LogP) is 2.12. The molecule has 1 aromatic rings. The van der Waals surface area contributed by atoms with Crippen molar-refractivity contribution in [2.45, 2.75) is 19.4 Å². The monoisotopic (exact) mass is 235 g/mol. The fourth-order valence-electron chi connectivity index (χ4n) is 1.35. The number of hydrogen-bond donors (Lipinski definition) is 2. The van der Waals surface area contributed by atoms with Crippen LogP contribution in [0.2, 0.25) is 0 Å². The van der Waals surface area contributed by atoms with Gasteiger partial charge in [-0.15, -0.1) is 0 Å². The maximum Gasteiger partial charge on any atom is 0.305 e. The number of hydrogen-bond acceptors (Lipinski definition) is 3. The van der Waals surface area contributed by atoms with Gasteiger partial charge in [0, 0.05) is 6.04 Å². The molecule has 0 saturated carbocycles. The lowest BCUT2D eigenvalue weighted by molar-refractivity contribution is -0.137. The van der Waals surface area contributed by atoms with E-state index in [1.54, 1.807) is 24.3 Å². The van der Waals surface area contributed by atoms with Gasteiger partial charge in [0.1, 0.15) is 12.4 Å². The highest BCUT2D eigenvalue weighted by atomic mass is 16.5. The van der Waals surface area contributed by atoms with Gasteiger partial charge in [0.2, 0.25) is 0 Å². The molecule has 0 radical (unpaired) electrons. The highest BCUT2D eigenvalue weighted by Gasteiger charge is 2.11. The van der Waals surface area contributed by atoms with Gasteiger partial charge in [-0.1, -0.05) is 18.7 Å². The fraction of sp³-hybridized carbons (Fsp3) is 0.308. The van der Waals surface area contributed by atoms with Gasteiger partial charge in [-0.3, -0.25) is 4.79 Å². The standard InChI is InChI=1S/C13H17NO3/c1-9(2)8-17-11-5-3-4-10(6-11)12(14)7-13(15)16/h3-6,12H,1,7-8,14H2,2H3,(H,15,16). The summed E-state index contributed by atoms with van der Waals surface area (Å²) in [5.74, 6) is -0.239. The van der Waals surface area contributed by atoms with Gasteiger partial charge < -0.3 is 15.6 Å². The lowest BCUT2D eigenvalue weighted by Gasteiger charge is -2.12. The van der Waals surface area contributed by atoms with Crippen molar-refractivity contribution in [3.63, 3.8) is 0 Å². The Morgan fingerprint density at radius 1 is 1.59 bits per heavy atom. The Bertz CT molecular complexity index is 415.